The van der Waals surface area contributed by atoms with Gasteiger partial charge in [0, 0.05) is 27.6 Å². The third-order valence-electron chi connectivity index (χ3n) is 5.69. The van der Waals surface area contributed by atoms with Crippen molar-refractivity contribution in [1.82, 2.24) is 14.7 Å². The molecule has 6 rings (SSSR count). The smallest absolute Gasteiger partial charge is 0.258 e. The molecule has 0 saturated heterocycles. The molecule has 0 unspecified atom stereocenters. The van der Waals surface area contributed by atoms with Crippen LogP contribution in [0.1, 0.15) is 5.56 Å². The molecule has 6 aromatic rings. The Bertz CT molecular complexity index is 1470. The summed E-state index contributed by atoms with van der Waals surface area (Å²) < 4.78 is 7.83. The molecule has 31 heavy (non-hydrogen) atoms. The van der Waals surface area contributed by atoms with Crippen molar-refractivity contribution in [2.24, 2.45) is 0 Å². The Morgan fingerprint density at radius 1 is 0.645 bits per heavy atom. The van der Waals surface area contributed by atoms with Crippen LogP contribution >= 0.6 is 0 Å². The number of aromatic nitrogens is 3. The second-order valence-corrected chi connectivity index (χ2v) is 7.71. The predicted octanol–water partition coefficient (Wildman–Crippen LogP) is 6.81. The van der Waals surface area contributed by atoms with Gasteiger partial charge in [-0.05, 0) is 43.3 Å². The number of fused-ring (bicyclic) bond motifs is 3. The number of para-hydroxylation sites is 2. The molecule has 2 heterocycles. The topological polar surface area (TPSA) is 43.9 Å². The summed E-state index contributed by atoms with van der Waals surface area (Å²) in [5.74, 6) is 1.12. The van der Waals surface area contributed by atoms with E-state index in [-0.39, 0.29) is 0 Å². The number of nitrogens with zero attached hydrogens (tertiary/aromatic N) is 3. The minimum atomic E-state index is 0.518. The van der Waals surface area contributed by atoms with E-state index >= 15 is 0 Å². The zero-order valence-electron chi connectivity index (χ0n) is 17.0. The van der Waals surface area contributed by atoms with Gasteiger partial charge >= 0.3 is 0 Å². The van der Waals surface area contributed by atoms with E-state index in [2.05, 4.69) is 82.3 Å². The van der Waals surface area contributed by atoms with E-state index in [1.54, 1.807) is 0 Å². The second-order valence-electron chi connectivity index (χ2n) is 7.71. The first-order chi connectivity index (χ1) is 15.3. The molecule has 2 aromatic heterocycles. The average molecular weight is 401 g/mol. The van der Waals surface area contributed by atoms with Crippen molar-refractivity contribution in [3.05, 3.63) is 103 Å². The Kier molecular flexibility index (Phi) is 3.96. The molecule has 4 heteroatoms. The molecule has 0 aliphatic carbocycles. The summed E-state index contributed by atoms with van der Waals surface area (Å²) in [6, 6.07) is 33.4. The highest BCUT2D eigenvalue weighted by Gasteiger charge is 2.13. The molecular weight excluding hydrogens is 382 g/mol. The Balaban J connectivity index is 1.41. The van der Waals surface area contributed by atoms with Gasteiger partial charge in [-0.2, -0.15) is 4.98 Å². The molecule has 0 radical (unpaired) electrons. The minimum Gasteiger partial charge on any atom is -0.334 e. The number of hydrogen-bond acceptors (Lipinski definition) is 3. The molecule has 0 fully saturated rings. The quantitative estimate of drug-likeness (QED) is 0.327. The Hall–Kier alpha value is -4.18. The van der Waals surface area contributed by atoms with Crippen LogP contribution in [0.4, 0.5) is 0 Å². The van der Waals surface area contributed by atoms with Crippen LogP contribution in [-0.4, -0.2) is 14.7 Å². The molecule has 148 valence electrons. The number of aryl methyl sites for hydroxylation is 1. The van der Waals surface area contributed by atoms with Crippen molar-refractivity contribution < 1.29 is 4.52 Å². The standard InChI is InChI=1S/C27H19N3O/c1-18-10-12-19(13-11-18)26-28-27(31-29-26)20-14-16-21(17-15-20)30-24-8-4-2-6-22(24)23-7-3-5-9-25(23)30/h2-17H,1H3. The first kappa shape index (κ1) is 17.7. The molecule has 0 aliphatic rings. The fraction of sp³-hybridized carbons (Fsp3) is 0.0370. The van der Waals surface area contributed by atoms with E-state index in [9.17, 15) is 0 Å². The van der Waals surface area contributed by atoms with E-state index in [1.165, 1.54) is 27.4 Å². The highest BCUT2D eigenvalue weighted by atomic mass is 16.5. The minimum absolute atomic E-state index is 0.518. The van der Waals surface area contributed by atoms with Crippen LogP contribution in [0.15, 0.2) is 102 Å². The molecule has 0 amide bonds. The molecular formula is C27H19N3O. The van der Waals surface area contributed by atoms with E-state index in [0.717, 1.165) is 16.8 Å². The summed E-state index contributed by atoms with van der Waals surface area (Å²) in [5.41, 5.74) is 6.53. The molecule has 0 aliphatic heterocycles. The number of rotatable bonds is 3. The SMILES string of the molecule is Cc1ccc(-c2noc(-c3ccc(-n4c5ccccc5c5ccccc54)cc3)n2)cc1. The fourth-order valence-electron chi connectivity index (χ4n) is 4.11. The monoisotopic (exact) mass is 401 g/mol. The van der Waals surface area contributed by atoms with E-state index in [0.29, 0.717) is 11.7 Å². The maximum Gasteiger partial charge on any atom is 0.258 e. The van der Waals surface area contributed by atoms with Crippen LogP contribution < -0.4 is 0 Å². The molecule has 4 aromatic carbocycles. The molecule has 0 N–H and O–H groups in total. The van der Waals surface area contributed by atoms with Crippen LogP contribution in [0.5, 0.6) is 0 Å². The predicted molar refractivity (Wildman–Crippen MR) is 124 cm³/mol. The lowest BCUT2D eigenvalue weighted by molar-refractivity contribution is 0.432. The highest BCUT2D eigenvalue weighted by Crippen LogP contribution is 2.32. The summed E-state index contributed by atoms with van der Waals surface area (Å²) in [4.78, 5) is 4.59. The van der Waals surface area contributed by atoms with Crippen LogP contribution in [-0.2, 0) is 0 Å². The van der Waals surface area contributed by atoms with Crippen molar-refractivity contribution in [2.45, 2.75) is 6.92 Å². The van der Waals surface area contributed by atoms with Crippen molar-refractivity contribution in [3.8, 4) is 28.5 Å². The Morgan fingerprint density at radius 2 is 1.23 bits per heavy atom. The maximum atomic E-state index is 5.54. The van der Waals surface area contributed by atoms with Gasteiger partial charge < -0.3 is 9.09 Å². The Morgan fingerprint density at radius 3 is 1.87 bits per heavy atom. The van der Waals surface area contributed by atoms with Gasteiger partial charge in [0.1, 0.15) is 0 Å². The van der Waals surface area contributed by atoms with Crippen LogP contribution in [0.2, 0.25) is 0 Å². The van der Waals surface area contributed by atoms with Gasteiger partial charge in [-0.3, -0.25) is 0 Å². The summed E-state index contributed by atoms with van der Waals surface area (Å²) in [6.07, 6.45) is 0. The second kappa shape index (κ2) is 6.96. The summed E-state index contributed by atoms with van der Waals surface area (Å²) in [7, 11) is 0. The summed E-state index contributed by atoms with van der Waals surface area (Å²) >= 11 is 0. The van der Waals surface area contributed by atoms with Gasteiger partial charge in [0.25, 0.3) is 5.89 Å². The van der Waals surface area contributed by atoms with E-state index in [1.807, 2.05) is 36.4 Å². The zero-order chi connectivity index (χ0) is 20.8. The largest absolute Gasteiger partial charge is 0.334 e. The highest BCUT2D eigenvalue weighted by molar-refractivity contribution is 6.09. The van der Waals surface area contributed by atoms with Gasteiger partial charge in [0.2, 0.25) is 5.82 Å². The molecule has 0 bridgehead atoms. The zero-order valence-corrected chi connectivity index (χ0v) is 17.0. The van der Waals surface area contributed by atoms with E-state index < -0.39 is 0 Å². The third-order valence-corrected chi connectivity index (χ3v) is 5.69. The van der Waals surface area contributed by atoms with Crippen molar-refractivity contribution in [2.75, 3.05) is 0 Å². The first-order valence-corrected chi connectivity index (χ1v) is 10.3. The lowest BCUT2D eigenvalue weighted by atomic mass is 10.1. The van der Waals surface area contributed by atoms with Crippen LogP contribution in [0, 0.1) is 6.92 Å². The summed E-state index contributed by atoms with van der Waals surface area (Å²) in [5, 5.41) is 6.66. The van der Waals surface area contributed by atoms with E-state index in [4.69, 9.17) is 4.52 Å². The van der Waals surface area contributed by atoms with Crippen molar-refractivity contribution in [3.63, 3.8) is 0 Å². The van der Waals surface area contributed by atoms with Gasteiger partial charge in [0.05, 0.1) is 11.0 Å². The molecule has 0 saturated carbocycles. The molecule has 0 atom stereocenters. The van der Waals surface area contributed by atoms with Crippen LogP contribution in [0.25, 0.3) is 50.3 Å². The molecule has 0 spiro atoms. The number of hydrogen-bond donors (Lipinski definition) is 0. The van der Waals surface area contributed by atoms with Crippen molar-refractivity contribution in [1.29, 1.82) is 0 Å². The first-order valence-electron chi connectivity index (χ1n) is 10.3. The van der Waals surface area contributed by atoms with Gasteiger partial charge in [-0.25, -0.2) is 0 Å². The van der Waals surface area contributed by atoms with Gasteiger partial charge in [-0.1, -0.05) is 71.4 Å². The number of benzene rings is 4. The lowest BCUT2D eigenvalue weighted by Gasteiger charge is -2.08. The maximum absolute atomic E-state index is 5.54. The fourth-order valence-corrected chi connectivity index (χ4v) is 4.11. The Labute approximate surface area is 179 Å². The lowest BCUT2D eigenvalue weighted by Crippen LogP contribution is -1.93. The normalized spacial score (nSPS) is 11.4. The van der Waals surface area contributed by atoms with Gasteiger partial charge in [-0.15, -0.1) is 0 Å². The average Bonchev–Trinajstić information content (AvgIpc) is 3.43. The summed E-state index contributed by atoms with van der Waals surface area (Å²) in [6.45, 7) is 2.06. The third kappa shape index (κ3) is 2.92. The molecule has 4 nitrogen and oxygen atoms in total. The van der Waals surface area contributed by atoms with Crippen molar-refractivity contribution >= 4 is 21.8 Å². The van der Waals surface area contributed by atoms with Crippen LogP contribution in [0.3, 0.4) is 0 Å². The van der Waals surface area contributed by atoms with Gasteiger partial charge in [0.15, 0.2) is 0 Å².